The van der Waals surface area contributed by atoms with Crippen molar-refractivity contribution in [3.63, 3.8) is 0 Å². The lowest BCUT2D eigenvalue weighted by atomic mass is 10.0. The SMILES string of the molecule is CC(C)(C)OC(=O)N[C@H]1CCCCC/C=C\[C@@H]2C[C@@]2(C(=O)NS(=O)(=O)C2CC2)NC(=O)[C@@H]2C[C@@H](Oc3nccc4cc(CO)ccc34)CN2C1=O. The van der Waals surface area contributed by atoms with Gasteiger partial charge in [0, 0.05) is 23.9 Å². The van der Waals surface area contributed by atoms with Gasteiger partial charge in [-0.2, -0.15) is 0 Å². The Morgan fingerprint density at radius 1 is 1.12 bits per heavy atom. The van der Waals surface area contributed by atoms with Crippen LogP contribution in [-0.2, 0) is 35.8 Å². The minimum Gasteiger partial charge on any atom is -0.472 e. The number of rotatable bonds is 7. The summed E-state index contributed by atoms with van der Waals surface area (Å²) >= 11 is 0. The maximum atomic E-state index is 14.4. The smallest absolute Gasteiger partial charge is 0.408 e. The molecule has 6 rings (SSSR count). The van der Waals surface area contributed by atoms with E-state index in [1.54, 1.807) is 45.2 Å². The second-order valence-corrected chi connectivity index (χ2v) is 17.0. The van der Waals surface area contributed by atoms with Crippen LogP contribution in [0.1, 0.15) is 84.1 Å². The highest BCUT2D eigenvalue weighted by Gasteiger charge is 2.62. The number of hydrogen-bond acceptors (Lipinski definition) is 10. The molecule has 14 nitrogen and oxygen atoms in total. The zero-order chi connectivity index (χ0) is 36.6. The van der Waals surface area contributed by atoms with Gasteiger partial charge in [-0.25, -0.2) is 18.2 Å². The van der Waals surface area contributed by atoms with Gasteiger partial charge < -0.3 is 30.1 Å². The third-order valence-electron chi connectivity index (χ3n) is 9.79. The average molecular weight is 726 g/mol. The molecule has 4 N–H and O–H groups in total. The van der Waals surface area contributed by atoms with E-state index < -0.39 is 74.3 Å². The predicted molar refractivity (Wildman–Crippen MR) is 187 cm³/mol. The van der Waals surface area contributed by atoms with Crippen molar-refractivity contribution in [2.24, 2.45) is 5.92 Å². The molecule has 1 aromatic carbocycles. The molecular weight excluding hydrogens is 678 g/mol. The lowest BCUT2D eigenvalue weighted by molar-refractivity contribution is -0.141. The molecule has 2 saturated carbocycles. The lowest BCUT2D eigenvalue weighted by Crippen LogP contribution is -2.58. The quantitative estimate of drug-likeness (QED) is 0.309. The van der Waals surface area contributed by atoms with Crippen LogP contribution in [0.5, 0.6) is 5.88 Å². The second-order valence-electron chi connectivity index (χ2n) is 15.0. The van der Waals surface area contributed by atoms with E-state index in [0.717, 1.165) is 18.2 Å². The lowest BCUT2D eigenvalue weighted by Gasteiger charge is -2.30. The van der Waals surface area contributed by atoms with Gasteiger partial charge >= 0.3 is 6.09 Å². The summed E-state index contributed by atoms with van der Waals surface area (Å²) in [4.78, 5) is 61.0. The van der Waals surface area contributed by atoms with Crippen LogP contribution >= 0.6 is 0 Å². The molecule has 1 aromatic heterocycles. The third-order valence-corrected chi connectivity index (χ3v) is 11.6. The molecule has 2 aromatic rings. The highest BCUT2D eigenvalue weighted by atomic mass is 32.2. The van der Waals surface area contributed by atoms with Gasteiger partial charge in [0.15, 0.2) is 0 Å². The van der Waals surface area contributed by atoms with Crippen molar-refractivity contribution in [2.45, 2.75) is 120 Å². The maximum Gasteiger partial charge on any atom is 0.408 e. The Balaban J connectivity index is 1.30. The van der Waals surface area contributed by atoms with Crippen LogP contribution in [0.3, 0.4) is 0 Å². The number of ether oxygens (including phenoxy) is 2. The summed E-state index contributed by atoms with van der Waals surface area (Å²) in [7, 11) is -3.89. The van der Waals surface area contributed by atoms with Gasteiger partial charge in [-0.05, 0) is 88.4 Å². The number of benzene rings is 1. The maximum absolute atomic E-state index is 14.4. The van der Waals surface area contributed by atoms with Crippen LogP contribution in [0, 0.1) is 5.92 Å². The fourth-order valence-electron chi connectivity index (χ4n) is 6.85. The van der Waals surface area contributed by atoms with Crippen molar-refractivity contribution >= 4 is 44.6 Å². The Bertz CT molecular complexity index is 1820. The Kier molecular flexibility index (Phi) is 10.3. The molecule has 2 aliphatic heterocycles. The van der Waals surface area contributed by atoms with Gasteiger partial charge in [-0.1, -0.05) is 31.1 Å². The summed E-state index contributed by atoms with van der Waals surface area (Å²) < 4.78 is 39.6. The van der Waals surface area contributed by atoms with Crippen LogP contribution in [0.2, 0.25) is 0 Å². The van der Waals surface area contributed by atoms with Crippen LogP contribution in [0.4, 0.5) is 4.79 Å². The highest BCUT2D eigenvalue weighted by Crippen LogP contribution is 2.46. The van der Waals surface area contributed by atoms with Crippen molar-refractivity contribution in [3.05, 3.63) is 48.2 Å². The highest BCUT2D eigenvalue weighted by molar-refractivity contribution is 7.91. The fourth-order valence-corrected chi connectivity index (χ4v) is 8.21. The first-order valence-corrected chi connectivity index (χ1v) is 19.2. The number of alkyl carbamates (subject to hydrolysis) is 1. The van der Waals surface area contributed by atoms with E-state index in [2.05, 4.69) is 20.3 Å². The average Bonchev–Trinajstić information content (AvgIpc) is 3.99. The van der Waals surface area contributed by atoms with Gasteiger partial charge in [-0.3, -0.25) is 19.1 Å². The van der Waals surface area contributed by atoms with E-state index in [0.29, 0.717) is 43.1 Å². The van der Waals surface area contributed by atoms with Gasteiger partial charge in [0.1, 0.15) is 29.3 Å². The van der Waals surface area contributed by atoms with E-state index in [9.17, 15) is 32.7 Å². The Morgan fingerprint density at radius 2 is 1.90 bits per heavy atom. The number of nitrogens with zero attached hydrogens (tertiary/aromatic N) is 2. The molecule has 5 atom stereocenters. The van der Waals surface area contributed by atoms with Crippen molar-refractivity contribution in [3.8, 4) is 5.88 Å². The molecule has 51 heavy (non-hydrogen) atoms. The number of hydrogen-bond donors (Lipinski definition) is 4. The van der Waals surface area contributed by atoms with Crippen molar-refractivity contribution < 1.29 is 42.2 Å². The molecule has 2 aliphatic carbocycles. The number of fused-ring (bicyclic) bond motifs is 3. The normalized spacial score (nSPS) is 28.0. The zero-order valence-corrected chi connectivity index (χ0v) is 30.0. The first kappa shape index (κ1) is 36.5. The number of allylic oxidation sites excluding steroid dienone is 1. The summed E-state index contributed by atoms with van der Waals surface area (Å²) in [5.74, 6) is -2.06. The van der Waals surface area contributed by atoms with Gasteiger partial charge in [0.05, 0.1) is 18.4 Å². The van der Waals surface area contributed by atoms with Crippen molar-refractivity contribution in [1.82, 2.24) is 25.2 Å². The van der Waals surface area contributed by atoms with E-state index in [1.807, 2.05) is 18.2 Å². The molecule has 4 aliphatic rings. The Morgan fingerprint density at radius 3 is 2.63 bits per heavy atom. The van der Waals surface area contributed by atoms with Gasteiger partial charge in [-0.15, -0.1) is 0 Å². The number of carbonyl (C=O) groups is 4. The summed E-state index contributed by atoms with van der Waals surface area (Å²) in [6, 6.07) is 5.04. The Hall–Kier alpha value is -4.24. The first-order chi connectivity index (χ1) is 24.2. The molecule has 15 heteroatoms. The van der Waals surface area contributed by atoms with E-state index in [1.165, 1.54) is 4.90 Å². The molecule has 276 valence electrons. The largest absolute Gasteiger partial charge is 0.472 e. The molecule has 3 heterocycles. The molecule has 0 spiro atoms. The number of sulfonamides is 1. The summed E-state index contributed by atoms with van der Waals surface area (Å²) in [6.45, 7) is 5.02. The third kappa shape index (κ3) is 8.46. The van der Waals surface area contributed by atoms with Crippen LogP contribution in [0.25, 0.3) is 10.8 Å². The fraction of sp³-hybridized carbons (Fsp3) is 0.583. The number of carbonyl (C=O) groups excluding carboxylic acids is 4. The summed E-state index contributed by atoms with van der Waals surface area (Å²) in [5, 5.41) is 16.0. The molecule has 0 unspecified atom stereocenters. The van der Waals surface area contributed by atoms with Gasteiger partial charge in [0.2, 0.25) is 27.7 Å². The molecular formula is C36H47N5O9S. The molecule has 0 bridgehead atoms. The van der Waals surface area contributed by atoms with Crippen LogP contribution in [-0.4, -0.2) is 88.3 Å². The second kappa shape index (κ2) is 14.4. The number of aliphatic hydroxyl groups excluding tert-OH is 1. The topological polar surface area (TPSA) is 193 Å². The monoisotopic (exact) mass is 725 g/mol. The van der Waals surface area contributed by atoms with Crippen LogP contribution in [0.15, 0.2) is 42.6 Å². The predicted octanol–water partition coefficient (Wildman–Crippen LogP) is 2.97. The number of aromatic nitrogens is 1. The van der Waals surface area contributed by atoms with Gasteiger partial charge in [0.25, 0.3) is 5.91 Å². The molecule has 3 fully saturated rings. The van der Waals surface area contributed by atoms with E-state index in [-0.39, 0.29) is 31.9 Å². The molecule has 4 amide bonds. The van der Waals surface area contributed by atoms with Crippen LogP contribution < -0.4 is 20.1 Å². The molecule has 1 saturated heterocycles. The number of aliphatic hydroxyl groups is 1. The first-order valence-electron chi connectivity index (χ1n) is 17.7. The standard InChI is InChI=1S/C36H47N5O9S/c1-35(2,3)50-34(46)38-28-10-8-6-4-5-7-9-24-19-36(24,33(45)40-51(47,48)26-12-13-26)39-30(43)29-18-25(20-41(29)32(28)44)49-31-27-14-11-22(21-42)17-23(27)15-16-37-31/h7,9,11,14-17,24-26,28-29,42H,4-6,8,10,12-13,18-21H2,1-3H3,(H,38,46)(H,39,43)(H,40,45)/b9-7-/t24-,25-,28+,29+,36-/m1/s1. The number of amides is 4. The Labute approximate surface area is 297 Å². The summed E-state index contributed by atoms with van der Waals surface area (Å²) in [5.41, 5.74) is -1.59. The summed E-state index contributed by atoms with van der Waals surface area (Å²) in [6.07, 6.45) is 8.28. The minimum atomic E-state index is -3.89. The van der Waals surface area contributed by atoms with Crippen molar-refractivity contribution in [1.29, 1.82) is 0 Å². The molecule has 0 radical (unpaired) electrons. The van der Waals surface area contributed by atoms with E-state index in [4.69, 9.17) is 9.47 Å². The number of nitrogens with one attached hydrogen (secondary N) is 3. The van der Waals surface area contributed by atoms with Crippen molar-refractivity contribution in [2.75, 3.05) is 6.54 Å². The van der Waals surface area contributed by atoms with E-state index >= 15 is 0 Å². The zero-order valence-electron chi connectivity index (χ0n) is 29.2. The minimum absolute atomic E-state index is 0.0191. The number of pyridine rings is 1.